The molecule has 6 heteroatoms. The standard InChI is InChI=1S/C27H30N2O4/c1-19-6-5-9-23(14-19)24-15-25(30)29(28-27(24)22-7-3-2-4-8-22)16-20-10-12-21(13-11-20)17-33-18-26(31)32/h2-9,14-15,20-21H,10-13,16-18H2,1H3,(H,31,32). The van der Waals surface area contributed by atoms with Crippen molar-refractivity contribution in [1.82, 2.24) is 9.78 Å². The molecule has 33 heavy (non-hydrogen) atoms. The summed E-state index contributed by atoms with van der Waals surface area (Å²) < 4.78 is 6.89. The van der Waals surface area contributed by atoms with E-state index in [0.29, 0.717) is 25.0 Å². The Labute approximate surface area is 193 Å². The van der Waals surface area contributed by atoms with Crippen molar-refractivity contribution < 1.29 is 14.6 Å². The minimum atomic E-state index is -0.933. The third kappa shape index (κ3) is 5.96. The van der Waals surface area contributed by atoms with Crippen LogP contribution in [0.1, 0.15) is 31.2 Å². The molecule has 0 radical (unpaired) electrons. The molecule has 0 bridgehead atoms. The van der Waals surface area contributed by atoms with Crippen LogP contribution in [0.15, 0.2) is 65.5 Å². The van der Waals surface area contributed by atoms with E-state index >= 15 is 0 Å². The van der Waals surface area contributed by atoms with Crippen LogP contribution in [-0.2, 0) is 16.1 Å². The van der Waals surface area contributed by atoms with Crippen molar-refractivity contribution in [3.8, 4) is 22.4 Å². The lowest BCUT2D eigenvalue weighted by atomic mass is 9.82. The van der Waals surface area contributed by atoms with Gasteiger partial charge in [-0.3, -0.25) is 4.79 Å². The molecule has 1 saturated carbocycles. The molecule has 4 rings (SSSR count). The fraction of sp³-hybridized carbons (Fsp3) is 0.370. The number of nitrogens with zero attached hydrogens (tertiary/aromatic N) is 2. The van der Waals surface area contributed by atoms with Crippen LogP contribution in [0.5, 0.6) is 0 Å². The molecule has 0 amide bonds. The van der Waals surface area contributed by atoms with Crippen molar-refractivity contribution in [2.24, 2.45) is 11.8 Å². The van der Waals surface area contributed by atoms with Gasteiger partial charge in [0.25, 0.3) is 5.56 Å². The monoisotopic (exact) mass is 446 g/mol. The summed E-state index contributed by atoms with van der Waals surface area (Å²) in [4.78, 5) is 23.7. The van der Waals surface area contributed by atoms with Crippen molar-refractivity contribution in [1.29, 1.82) is 0 Å². The lowest BCUT2D eigenvalue weighted by Gasteiger charge is -2.28. The van der Waals surface area contributed by atoms with Gasteiger partial charge in [-0.15, -0.1) is 0 Å². The minimum Gasteiger partial charge on any atom is -0.480 e. The molecule has 0 spiro atoms. The molecule has 0 saturated heterocycles. The zero-order valence-electron chi connectivity index (χ0n) is 18.9. The second-order valence-corrected chi connectivity index (χ2v) is 8.96. The smallest absolute Gasteiger partial charge is 0.329 e. The number of hydrogen-bond donors (Lipinski definition) is 1. The Morgan fingerprint density at radius 1 is 1.00 bits per heavy atom. The number of rotatable bonds is 8. The maximum absolute atomic E-state index is 13.0. The summed E-state index contributed by atoms with van der Waals surface area (Å²) in [7, 11) is 0. The first-order valence-corrected chi connectivity index (χ1v) is 11.5. The van der Waals surface area contributed by atoms with Gasteiger partial charge in [0, 0.05) is 23.7 Å². The van der Waals surface area contributed by atoms with Gasteiger partial charge in [0.1, 0.15) is 6.61 Å². The lowest BCUT2D eigenvalue weighted by molar-refractivity contribution is -0.142. The topological polar surface area (TPSA) is 81.4 Å². The first-order valence-electron chi connectivity index (χ1n) is 11.5. The minimum absolute atomic E-state index is 0.0851. The van der Waals surface area contributed by atoms with Crippen LogP contribution in [0.3, 0.4) is 0 Å². The Morgan fingerprint density at radius 2 is 1.70 bits per heavy atom. The molecule has 0 unspecified atom stereocenters. The van der Waals surface area contributed by atoms with Gasteiger partial charge in [0.15, 0.2) is 0 Å². The van der Waals surface area contributed by atoms with Gasteiger partial charge in [0.05, 0.1) is 12.3 Å². The molecule has 1 aromatic heterocycles. The Balaban J connectivity index is 1.54. The van der Waals surface area contributed by atoms with Crippen molar-refractivity contribution in [3.05, 3.63) is 76.6 Å². The highest BCUT2D eigenvalue weighted by Gasteiger charge is 2.23. The zero-order chi connectivity index (χ0) is 23.2. The van der Waals surface area contributed by atoms with Gasteiger partial charge in [-0.1, -0.05) is 60.2 Å². The lowest BCUT2D eigenvalue weighted by Crippen LogP contribution is -2.29. The summed E-state index contributed by atoms with van der Waals surface area (Å²) in [5.41, 5.74) is 4.70. The number of aryl methyl sites for hydroxylation is 1. The molecule has 0 aliphatic heterocycles. The van der Waals surface area contributed by atoms with Crippen molar-refractivity contribution in [3.63, 3.8) is 0 Å². The zero-order valence-corrected chi connectivity index (χ0v) is 18.9. The normalized spacial score (nSPS) is 18.2. The maximum atomic E-state index is 13.0. The Kier molecular flexibility index (Phi) is 7.35. The van der Waals surface area contributed by atoms with E-state index in [0.717, 1.165) is 53.6 Å². The highest BCUT2D eigenvalue weighted by Crippen LogP contribution is 2.32. The number of hydrogen-bond acceptors (Lipinski definition) is 4. The van der Waals surface area contributed by atoms with Crippen LogP contribution in [0, 0.1) is 18.8 Å². The van der Waals surface area contributed by atoms with Gasteiger partial charge >= 0.3 is 5.97 Å². The van der Waals surface area contributed by atoms with Crippen LogP contribution in [0.25, 0.3) is 22.4 Å². The first kappa shape index (κ1) is 22.9. The van der Waals surface area contributed by atoms with Crippen LogP contribution in [-0.4, -0.2) is 34.1 Å². The van der Waals surface area contributed by atoms with E-state index in [9.17, 15) is 9.59 Å². The highest BCUT2D eigenvalue weighted by molar-refractivity contribution is 5.80. The summed E-state index contributed by atoms with van der Waals surface area (Å²) in [5, 5.41) is 13.6. The third-order valence-corrected chi connectivity index (χ3v) is 6.35. The number of aliphatic carboxylic acids is 1. The van der Waals surface area contributed by atoms with Gasteiger partial charge < -0.3 is 9.84 Å². The van der Waals surface area contributed by atoms with Crippen LogP contribution in [0.2, 0.25) is 0 Å². The molecular formula is C27H30N2O4. The van der Waals surface area contributed by atoms with Crippen molar-refractivity contribution in [2.45, 2.75) is 39.2 Å². The summed E-state index contributed by atoms with van der Waals surface area (Å²) in [6.07, 6.45) is 3.92. The van der Waals surface area contributed by atoms with Gasteiger partial charge in [-0.05, 0) is 50.0 Å². The SMILES string of the molecule is Cc1cccc(-c2cc(=O)n(CC3CCC(COCC(=O)O)CC3)nc2-c2ccccc2)c1. The molecule has 0 atom stereocenters. The van der Waals surface area contributed by atoms with E-state index in [-0.39, 0.29) is 12.2 Å². The third-order valence-electron chi connectivity index (χ3n) is 6.35. The predicted octanol–water partition coefficient (Wildman–Crippen LogP) is 4.79. The van der Waals surface area contributed by atoms with Gasteiger partial charge in [-0.25, -0.2) is 9.48 Å². The van der Waals surface area contributed by atoms with Crippen LogP contribution in [0.4, 0.5) is 0 Å². The Bertz CT molecular complexity index is 1150. The maximum Gasteiger partial charge on any atom is 0.329 e. The van der Waals surface area contributed by atoms with E-state index in [1.165, 1.54) is 0 Å². The van der Waals surface area contributed by atoms with Crippen LogP contribution < -0.4 is 5.56 Å². The molecule has 1 heterocycles. The van der Waals surface area contributed by atoms with E-state index in [1.54, 1.807) is 10.7 Å². The molecule has 3 aromatic rings. The highest BCUT2D eigenvalue weighted by atomic mass is 16.5. The second-order valence-electron chi connectivity index (χ2n) is 8.96. The molecule has 172 valence electrons. The van der Waals surface area contributed by atoms with Crippen molar-refractivity contribution in [2.75, 3.05) is 13.2 Å². The number of carboxylic acids is 1. The Morgan fingerprint density at radius 3 is 2.39 bits per heavy atom. The molecule has 2 aromatic carbocycles. The molecule has 1 N–H and O–H groups in total. The van der Waals surface area contributed by atoms with E-state index < -0.39 is 5.97 Å². The molecule has 1 fully saturated rings. The number of carbonyl (C=O) groups is 1. The largest absolute Gasteiger partial charge is 0.480 e. The van der Waals surface area contributed by atoms with E-state index in [1.807, 2.05) is 55.5 Å². The number of ether oxygens (including phenoxy) is 1. The average Bonchev–Trinajstić information content (AvgIpc) is 2.81. The molecule has 6 nitrogen and oxygen atoms in total. The fourth-order valence-corrected chi connectivity index (χ4v) is 4.60. The molecule has 1 aliphatic carbocycles. The average molecular weight is 447 g/mol. The Hall–Kier alpha value is -3.25. The van der Waals surface area contributed by atoms with Gasteiger partial charge in [0.2, 0.25) is 0 Å². The first-order chi connectivity index (χ1) is 16.0. The fourth-order valence-electron chi connectivity index (χ4n) is 4.60. The molecular weight excluding hydrogens is 416 g/mol. The van der Waals surface area contributed by atoms with E-state index in [2.05, 4.69) is 6.07 Å². The quantitative estimate of drug-likeness (QED) is 0.538. The predicted molar refractivity (Wildman–Crippen MR) is 128 cm³/mol. The number of aromatic nitrogens is 2. The second kappa shape index (κ2) is 10.6. The number of benzene rings is 2. The van der Waals surface area contributed by atoms with Crippen molar-refractivity contribution >= 4 is 5.97 Å². The molecule has 1 aliphatic rings. The summed E-state index contributed by atoms with van der Waals surface area (Å²) in [6, 6.07) is 19.9. The summed E-state index contributed by atoms with van der Waals surface area (Å²) in [6.45, 7) is 2.88. The van der Waals surface area contributed by atoms with E-state index in [4.69, 9.17) is 14.9 Å². The summed E-state index contributed by atoms with van der Waals surface area (Å²) in [5.74, 6) is -0.175. The van der Waals surface area contributed by atoms with Crippen LogP contribution >= 0.6 is 0 Å². The number of carboxylic acid groups (broad SMARTS) is 1. The van der Waals surface area contributed by atoms with Gasteiger partial charge in [-0.2, -0.15) is 5.10 Å². The summed E-state index contributed by atoms with van der Waals surface area (Å²) >= 11 is 0.